The van der Waals surface area contributed by atoms with Crippen LogP contribution in [0.2, 0.25) is 0 Å². The summed E-state index contributed by atoms with van der Waals surface area (Å²) < 4.78 is 3.75. The van der Waals surface area contributed by atoms with E-state index in [1.165, 1.54) is 5.56 Å². The second kappa shape index (κ2) is 9.56. The molecule has 0 radical (unpaired) electrons. The number of benzene rings is 3. The van der Waals surface area contributed by atoms with Crippen LogP contribution < -0.4 is 0 Å². The zero-order valence-electron chi connectivity index (χ0n) is 18.5. The fourth-order valence-corrected chi connectivity index (χ4v) is 3.99. The Hall–Kier alpha value is -4.13. The molecule has 164 valence electrons. The maximum Gasteiger partial charge on any atom is 0.181 e. The van der Waals surface area contributed by atoms with Gasteiger partial charge in [-0.2, -0.15) is 9.78 Å². The second-order valence-electron chi connectivity index (χ2n) is 7.91. The monoisotopic (exact) mass is 435 g/mol. The number of nitrogens with zero attached hydrogens (tertiary/aromatic N) is 7. The van der Waals surface area contributed by atoms with Crippen LogP contribution in [0.5, 0.6) is 0 Å². The van der Waals surface area contributed by atoms with Crippen LogP contribution in [0.4, 0.5) is 0 Å². The molecular formula is C26H25N7. The summed E-state index contributed by atoms with van der Waals surface area (Å²) in [5, 5.41) is 16.6. The van der Waals surface area contributed by atoms with E-state index in [1.807, 2.05) is 36.4 Å². The first-order chi connectivity index (χ1) is 16.3. The van der Waals surface area contributed by atoms with Crippen LogP contribution in [0.3, 0.4) is 0 Å². The Morgan fingerprint density at radius 2 is 1.58 bits per heavy atom. The molecular weight excluding hydrogens is 410 g/mol. The van der Waals surface area contributed by atoms with E-state index in [0.717, 1.165) is 53.3 Å². The molecule has 5 rings (SSSR count). The van der Waals surface area contributed by atoms with E-state index < -0.39 is 0 Å². The maximum atomic E-state index is 4.90. The maximum absolute atomic E-state index is 4.90. The number of hydrogen-bond acceptors (Lipinski definition) is 5. The lowest BCUT2D eigenvalue weighted by atomic mass is 9.98. The minimum absolute atomic E-state index is 0.638. The number of unbranched alkanes of at least 4 members (excludes halogenated alkanes) is 1. The Morgan fingerprint density at radius 1 is 0.818 bits per heavy atom. The zero-order valence-corrected chi connectivity index (χ0v) is 18.5. The van der Waals surface area contributed by atoms with E-state index in [1.54, 1.807) is 11.0 Å². The van der Waals surface area contributed by atoms with Crippen LogP contribution in [0.1, 0.15) is 31.2 Å². The van der Waals surface area contributed by atoms with Gasteiger partial charge in [0.05, 0.1) is 12.2 Å². The summed E-state index contributed by atoms with van der Waals surface area (Å²) in [6, 6.07) is 26.7. The van der Waals surface area contributed by atoms with Crippen molar-refractivity contribution in [2.24, 2.45) is 0 Å². The molecule has 0 atom stereocenters. The van der Waals surface area contributed by atoms with E-state index in [4.69, 9.17) is 10.1 Å². The minimum atomic E-state index is 0.638. The molecule has 0 spiro atoms. The van der Waals surface area contributed by atoms with Gasteiger partial charge in [0.2, 0.25) is 0 Å². The fraction of sp³-hybridized carbons (Fsp3) is 0.192. The molecule has 7 heteroatoms. The predicted octanol–water partition coefficient (Wildman–Crippen LogP) is 4.98. The van der Waals surface area contributed by atoms with Crippen molar-refractivity contribution < 1.29 is 0 Å². The van der Waals surface area contributed by atoms with Crippen molar-refractivity contribution in [3.63, 3.8) is 0 Å². The van der Waals surface area contributed by atoms with Gasteiger partial charge in [-0.15, -0.1) is 5.10 Å². The molecule has 0 aliphatic heterocycles. The molecule has 0 saturated carbocycles. The fourth-order valence-electron chi connectivity index (χ4n) is 3.99. The van der Waals surface area contributed by atoms with Gasteiger partial charge < -0.3 is 0 Å². The number of tetrazole rings is 1. The minimum Gasteiger partial charge on any atom is -0.245 e. The average molecular weight is 436 g/mol. The molecule has 33 heavy (non-hydrogen) atoms. The lowest BCUT2D eigenvalue weighted by Crippen LogP contribution is -2.09. The van der Waals surface area contributed by atoms with E-state index in [0.29, 0.717) is 6.54 Å². The number of hydrogen-bond donors (Lipinski definition) is 0. The average Bonchev–Trinajstić information content (AvgIpc) is 3.54. The van der Waals surface area contributed by atoms with Gasteiger partial charge in [0, 0.05) is 17.5 Å². The molecule has 0 amide bonds. The predicted molar refractivity (Wildman–Crippen MR) is 128 cm³/mol. The van der Waals surface area contributed by atoms with E-state index in [9.17, 15) is 0 Å². The standard InChI is InChI=1S/C26H25N7/c1-2-3-17-25-28-26(20-11-5-4-6-12-20)29-32(25)18-21-13-7-8-14-22(21)23-15-9-10-16-24(23)33-19-27-30-31-33/h4-16,19H,2-3,17-18H2,1H3. The van der Waals surface area contributed by atoms with E-state index >= 15 is 0 Å². The molecule has 0 bridgehead atoms. The molecule has 0 N–H and O–H groups in total. The van der Waals surface area contributed by atoms with E-state index in [2.05, 4.69) is 69.6 Å². The van der Waals surface area contributed by atoms with Crippen molar-refractivity contribution in [3.05, 3.63) is 96.6 Å². The normalized spacial score (nSPS) is 11.1. The Morgan fingerprint density at radius 3 is 2.36 bits per heavy atom. The molecule has 2 heterocycles. The first-order valence-electron chi connectivity index (χ1n) is 11.2. The van der Waals surface area contributed by atoms with Crippen LogP contribution in [0.15, 0.2) is 85.2 Å². The Kier molecular flexibility index (Phi) is 6.01. The van der Waals surface area contributed by atoms with Gasteiger partial charge in [-0.25, -0.2) is 9.67 Å². The van der Waals surface area contributed by atoms with Crippen molar-refractivity contribution in [2.75, 3.05) is 0 Å². The lowest BCUT2D eigenvalue weighted by Gasteiger charge is -2.14. The summed E-state index contributed by atoms with van der Waals surface area (Å²) in [7, 11) is 0. The van der Waals surface area contributed by atoms with Gasteiger partial charge in [-0.1, -0.05) is 86.1 Å². The molecule has 0 aliphatic carbocycles. The number of para-hydroxylation sites is 1. The molecule has 7 nitrogen and oxygen atoms in total. The third-order valence-electron chi connectivity index (χ3n) is 5.66. The first kappa shape index (κ1) is 20.8. The second-order valence-corrected chi connectivity index (χ2v) is 7.91. The van der Waals surface area contributed by atoms with Gasteiger partial charge >= 0.3 is 0 Å². The summed E-state index contributed by atoms with van der Waals surface area (Å²) >= 11 is 0. The lowest BCUT2D eigenvalue weighted by molar-refractivity contribution is 0.619. The SMILES string of the molecule is CCCCc1nc(-c2ccccc2)nn1Cc1ccccc1-c1ccccc1-n1cnnn1. The van der Waals surface area contributed by atoms with Crippen molar-refractivity contribution >= 4 is 0 Å². The summed E-state index contributed by atoms with van der Waals surface area (Å²) in [5.74, 6) is 1.78. The van der Waals surface area contributed by atoms with Gasteiger partial charge in [-0.05, 0) is 34.0 Å². The first-order valence-corrected chi connectivity index (χ1v) is 11.2. The summed E-state index contributed by atoms with van der Waals surface area (Å²) in [5.41, 5.74) is 5.33. The summed E-state index contributed by atoms with van der Waals surface area (Å²) in [6.45, 7) is 2.84. The third-order valence-corrected chi connectivity index (χ3v) is 5.66. The molecule has 3 aromatic carbocycles. The number of aryl methyl sites for hydroxylation is 1. The van der Waals surface area contributed by atoms with Crippen molar-refractivity contribution in [3.8, 4) is 28.2 Å². The molecule has 0 saturated heterocycles. The number of aromatic nitrogens is 7. The van der Waals surface area contributed by atoms with Crippen LogP contribution in [0.25, 0.3) is 28.2 Å². The summed E-state index contributed by atoms with van der Waals surface area (Å²) in [4.78, 5) is 4.90. The molecule has 0 aliphatic rings. The largest absolute Gasteiger partial charge is 0.245 e. The van der Waals surface area contributed by atoms with Crippen LogP contribution in [0, 0.1) is 0 Å². The molecule has 5 aromatic rings. The topological polar surface area (TPSA) is 74.3 Å². The van der Waals surface area contributed by atoms with Crippen molar-refractivity contribution in [1.29, 1.82) is 0 Å². The van der Waals surface area contributed by atoms with Gasteiger partial charge in [0.25, 0.3) is 0 Å². The van der Waals surface area contributed by atoms with E-state index in [-0.39, 0.29) is 0 Å². The highest BCUT2D eigenvalue weighted by molar-refractivity contribution is 5.75. The van der Waals surface area contributed by atoms with Gasteiger partial charge in [0.15, 0.2) is 5.82 Å². The van der Waals surface area contributed by atoms with Crippen molar-refractivity contribution in [1.82, 2.24) is 35.0 Å². The molecule has 2 aromatic heterocycles. The van der Waals surface area contributed by atoms with Crippen LogP contribution >= 0.6 is 0 Å². The number of rotatable bonds is 8. The van der Waals surface area contributed by atoms with Gasteiger partial charge in [-0.3, -0.25) is 0 Å². The highest BCUT2D eigenvalue weighted by Gasteiger charge is 2.15. The van der Waals surface area contributed by atoms with Crippen LogP contribution in [-0.4, -0.2) is 35.0 Å². The van der Waals surface area contributed by atoms with Crippen LogP contribution in [-0.2, 0) is 13.0 Å². The van der Waals surface area contributed by atoms with Crippen molar-refractivity contribution in [2.45, 2.75) is 32.7 Å². The zero-order chi connectivity index (χ0) is 22.5. The third kappa shape index (κ3) is 4.43. The quantitative estimate of drug-likeness (QED) is 0.344. The smallest absolute Gasteiger partial charge is 0.181 e. The Labute approximate surface area is 192 Å². The summed E-state index contributed by atoms with van der Waals surface area (Å²) in [6.07, 6.45) is 4.72. The Balaban J connectivity index is 1.55. The highest BCUT2D eigenvalue weighted by Crippen LogP contribution is 2.30. The molecule has 0 unspecified atom stereocenters. The highest BCUT2D eigenvalue weighted by atomic mass is 15.5. The molecule has 0 fully saturated rings. The van der Waals surface area contributed by atoms with Gasteiger partial charge in [0.1, 0.15) is 12.2 Å². The Bertz CT molecular complexity index is 1320.